The molecule has 0 saturated heterocycles. The average Bonchev–Trinajstić information content (AvgIpc) is 3.66. The van der Waals surface area contributed by atoms with E-state index in [0.29, 0.717) is 5.56 Å². The van der Waals surface area contributed by atoms with Crippen molar-refractivity contribution in [2.45, 2.75) is 44.5 Å². The maximum atomic E-state index is 12.3. The smallest absolute Gasteiger partial charge is 0.331 e. The van der Waals surface area contributed by atoms with E-state index in [1.807, 2.05) is 6.08 Å². The van der Waals surface area contributed by atoms with Gasteiger partial charge in [0, 0.05) is 23.7 Å². The molecule has 6 heteroatoms. The second kappa shape index (κ2) is 11.5. The Morgan fingerprint density at radius 3 is 2.42 bits per heavy atom. The highest BCUT2D eigenvalue weighted by atomic mass is 16.5. The molecule has 2 atom stereocenters. The predicted molar refractivity (Wildman–Crippen MR) is 128 cm³/mol. The van der Waals surface area contributed by atoms with Gasteiger partial charge < -0.3 is 15.2 Å². The SMILES string of the molecule is COC(=O)[C@@H](NC(=O)c1ccc(C#C/C=C/c2ccc(CN(C)C3CC3)cc2)cc1)[C@@H](C)O. The van der Waals surface area contributed by atoms with Crippen LogP contribution in [0.3, 0.4) is 0 Å². The molecule has 0 bridgehead atoms. The molecule has 1 amide bonds. The van der Waals surface area contributed by atoms with E-state index in [0.717, 1.165) is 23.7 Å². The molecule has 2 aromatic carbocycles. The second-order valence-electron chi connectivity index (χ2n) is 8.28. The van der Waals surface area contributed by atoms with E-state index in [2.05, 4.69) is 58.1 Å². The zero-order valence-corrected chi connectivity index (χ0v) is 19.2. The summed E-state index contributed by atoms with van der Waals surface area (Å²) in [4.78, 5) is 26.4. The van der Waals surface area contributed by atoms with Gasteiger partial charge in [0.05, 0.1) is 13.2 Å². The first-order valence-corrected chi connectivity index (χ1v) is 11.0. The fourth-order valence-corrected chi connectivity index (χ4v) is 3.36. The molecule has 33 heavy (non-hydrogen) atoms. The van der Waals surface area contributed by atoms with E-state index in [-0.39, 0.29) is 0 Å². The lowest BCUT2D eigenvalue weighted by Crippen LogP contribution is -2.48. The number of allylic oxidation sites excluding steroid dienone is 1. The summed E-state index contributed by atoms with van der Waals surface area (Å²) in [7, 11) is 3.38. The van der Waals surface area contributed by atoms with E-state index in [4.69, 9.17) is 0 Å². The summed E-state index contributed by atoms with van der Waals surface area (Å²) >= 11 is 0. The third-order valence-electron chi connectivity index (χ3n) is 5.53. The van der Waals surface area contributed by atoms with Crippen LogP contribution >= 0.6 is 0 Å². The van der Waals surface area contributed by atoms with Crippen LogP contribution < -0.4 is 5.32 Å². The first-order valence-electron chi connectivity index (χ1n) is 11.0. The Hall–Kier alpha value is -3.40. The zero-order valence-electron chi connectivity index (χ0n) is 19.2. The van der Waals surface area contributed by atoms with Crippen molar-refractivity contribution in [2.24, 2.45) is 0 Å². The third-order valence-corrected chi connectivity index (χ3v) is 5.53. The summed E-state index contributed by atoms with van der Waals surface area (Å²) in [5.74, 6) is 4.86. The van der Waals surface area contributed by atoms with Crippen molar-refractivity contribution in [1.82, 2.24) is 10.2 Å². The number of hydrogen-bond acceptors (Lipinski definition) is 5. The van der Waals surface area contributed by atoms with Crippen molar-refractivity contribution in [2.75, 3.05) is 14.2 Å². The lowest BCUT2D eigenvalue weighted by molar-refractivity contribution is -0.145. The van der Waals surface area contributed by atoms with Gasteiger partial charge in [0.25, 0.3) is 5.91 Å². The van der Waals surface area contributed by atoms with Gasteiger partial charge in [-0.05, 0) is 74.4 Å². The fourth-order valence-electron chi connectivity index (χ4n) is 3.36. The number of carbonyl (C=O) groups excluding carboxylic acids is 2. The Bertz CT molecular complexity index is 1040. The van der Waals surface area contributed by atoms with Gasteiger partial charge in [0.1, 0.15) is 0 Å². The van der Waals surface area contributed by atoms with E-state index in [9.17, 15) is 14.7 Å². The summed E-state index contributed by atoms with van der Waals surface area (Å²) in [6.45, 7) is 2.39. The van der Waals surface area contributed by atoms with Gasteiger partial charge in [-0.15, -0.1) is 0 Å². The van der Waals surface area contributed by atoms with Crippen LogP contribution in [0.1, 0.15) is 46.8 Å². The highest BCUT2D eigenvalue weighted by Gasteiger charge is 2.27. The van der Waals surface area contributed by atoms with Crippen molar-refractivity contribution in [3.8, 4) is 11.8 Å². The number of esters is 1. The number of ether oxygens (including phenoxy) is 1. The summed E-state index contributed by atoms with van der Waals surface area (Å²) in [6, 6.07) is 14.8. The minimum absolute atomic E-state index is 0.359. The van der Waals surface area contributed by atoms with Gasteiger partial charge >= 0.3 is 5.97 Å². The monoisotopic (exact) mass is 446 g/mol. The Morgan fingerprint density at radius 2 is 1.85 bits per heavy atom. The highest BCUT2D eigenvalue weighted by molar-refractivity contribution is 5.97. The first-order chi connectivity index (χ1) is 15.9. The van der Waals surface area contributed by atoms with Gasteiger partial charge in [-0.3, -0.25) is 9.69 Å². The fraction of sp³-hybridized carbons (Fsp3) is 0.333. The normalized spacial score (nSPS) is 14.9. The Balaban J connectivity index is 1.53. The number of nitrogens with one attached hydrogen (secondary N) is 1. The first kappa shape index (κ1) is 24.2. The minimum Gasteiger partial charge on any atom is -0.467 e. The molecule has 1 aliphatic rings. The molecule has 0 aromatic heterocycles. The summed E-state index contributed by atoms with van der Waals surface area (Å²) in [5, 5.41) is 12.2. The van der Waals surface area contributed by atoms with Gasteiger partial charge in [-0.25, -0.2) is 4.79 Å². The van der Waals surface area contributed by atoms with Crippen LogP contribution in [0.2, 0.25) is 0 Å². The van der Waals surface area contributed by atoms with Crippen LogP contribution in [0.25, 0.3) is 6.08 Å². The molecule has 1 saturated carbocycles. The quantitative estimate of drug-likeness (QED) is 0.482. The van der Waals surface area contributed by atoms with Crippen molar-refractivity contribution in [1.29, 1.82) is 0 Å². The van der Waals surface area contributed by atoms with Gasteiger partial charge in [0.2, 0.25) is 0 Å². The van der Waals surface area contributed by atoms with Crippen molar-refractivity contribution >= 4 is 18.0 Å². The van der Waals surface area contributed by atoms with Crippen LogP contribution in [0.4, 0.5) is 0 Å². The average molecular weight is 447 g/mol. The van der Waals surface area contributed by atoms with E-state index in [1.54, 1.807) is 30.3 Å². The molecular formula is C27H30N2O4. The van der Waals surface area contributed by atoms with Crippen LogP contribution in [0.15, 0.2) is 54.6 Å². The lowest BCUT2D eigenvalue weighted by Gasteiger charge is -2.18. The molecule has 2 N–H and O–H groups in total. The molecule has 2 aromatic rings. The Labute approximate surface area is 195 Å². The molecule has 1 aliphatic carbocycles. The van der Waals surface area contributed by atoms with E-state index in [1.165, 1.54) is 32.4 Å². The highest BCUT2D eigenvalue weighted by Crippen LogP contribution is 2.26. The minimum atomic E-state index is -1.12. The maximum Gasteiger partial charge on any atom is 0.331 e. The van der Waals surface area contributed by atoms with Crippen molar-refractivity contribution in [3.05, 3.63) is 76.9 Å². The van der Waals surface area contributed by atoms with Crippen LogP contribution in [0.5, 0.6) is 0 Å². The molecule has 1 fully saturated rings. The molecule has 0 aliphatic heterocycles. The predicted octanol–water partition coefficient (Wildman–Crippen LogP) is 3.00. The molecule has 3 rings (SSSR count). The Kier molecular flexibility index (Phi) is 8.42. The van der Waals surface area contributed by atoms with Crippen LogP contribution in [0, 0.1) is 11.8 Å². The van der Waals surface area contributed by atoms with Crippen molar-refractivity contribution < 1.29 is 19.4 Å². The summed E-state index contributed by atoms with van der Waals surface area (Å²) in [5.41, 5.74) is 3.52. The number of hydrogen-bond donors (Lipinski definition) is 2. The molecule has 0 unspecified atom stereocenters. The molecule has 0 heterocycles. The maximum absolute atomic E-state index is 12.3. The van der Waals surface area contributed by atoms with Crippen LogP contribution in [-0.4, -0.2) is 54.2 Å². The third kappa shape index (κ3) is 7.31. The van der Waals surface area contributed by atoms with E-state index >= 15 is 0 Å². The van der Waals surface area contributed by atoms with Gasteiger partial charge in [0.15, 0.2) is 6.04 Å². The number of nitrogens with zero attached hydrogens (tertiary/aromatic N) is 1. The van der Waals surface area contributed by atoms with Gasteiger partial charge in [-0.1, -0.05) is 36.1 Å². The van der Waals surface area contributed by atoms with E-state index < -0.39 is 24.0 Å². The molecule has 0 radical (unpaired) electrons. The largest absolute Gasteiger partial charge is 0.467 e. The van der Waals surface area contributed by atoms with Crippen LogP contribution in [-0.2, 0) is 16.1 Å². The Morgan fingerprint density at radius 1 is 1.18 bits per heavy atom. The number of carbonyl (C=O) groups is 2. The summed E-state index contributed by atoms with van der Waals surface area (Å²) in [6.07, 6.45) is 5.32. The summed E-state index contributed by atoms with van der Waals surface area (Å²) < 4.78 is 4.61. The number of amides is 1. The molecular weight excluding hydrogens is 416 g/mol. The molecule has 172 valence electrons. The topological polar surface area (TPSA) is 78.9 Å². The van der Waals surface area contributed by atoms with Gasteiger partial charge in [-0.2, -0.15) is 0 Å². The number of benzene rings is 2. The second-order valence-corrected chi connectivity index (χ2v) is 8.28. The zero-order chi connectivity index (χ0) is 23.8. The standard InChI is InChI=1S/C27H30N2O4/c1-19(30)25(27(32)33-3)28-26(31)23-14-12-21(13-15-23)7-5-4-6-20-8-10-22(11-9-20)18-29(2)24-16-17-24/h4,6,8-15,19,24-25,30H,16-18H2,1-3H3,(H,28,31)/b6-4+/t19-,25+/m1/s1. The molecule has 0 spiro atoms. The lowest BCUT2D eigenvalue weighted by atomic mass is 10.1. The number of rotatable bonds is 8. The number of aliphatic hydroxyl groups is 1. The van der Waals surface area contributed by atoms with Crippen molar-refractivity contribution in [3.63, 3.8) is 0 Å². The molecule has 6 nitrogen and oxygen atoms in total. The number of aliphatic hydroxyl groups excluding tert-OH is 1. The number of methoxy groups -OCH3 is 1.